The number of rotatable bonds is 2. The van der Waals surface area contributed by atoms with Crippen LogP contribution in [0.3, 0.4) is 0 Å². The number of fused-ring (bicyclic) bond motifs is 1. The van der Waals surface area contributed by atoms with Gasteiger partial charge in [0.1, 0.15) is 0 Å². The minimum Gasteiger partial charge on any atom is -0.373 e. The second-order valence-electron chi connectivity index (χ2n) is 5.67. The lowest BCUT2D eigenvalue weighted by Crippen LogP contribution is -2.51. The molecule has 0 radical (unpaired) electrons. The van der Waals surface area contributed by atoms with Gasteiger partial charge in [-0.2, -0.15) is 0 Å². The fourth-order valence-electron chi connectivity index (χ4n) is 2.34. The van der Waals surface area contributed by atoms with Gasteiger partial charge < -0.3 is 14.8 Å². The van der Waals surface area contributed by atoms with Gasteiger partial charge in [-0.15, -0.1) is 0 Å². The van der Waals surface area contributed by atoms with Crippen molar-refractivity contribution in [2.45, 2.75) is 63.9 Å². The van der Waals surface area contributed by atoms with Crippen LogP contribution in [0.5, 0.6) is 0 Å². The van der Waals surface area contributed by atoms with Gasteiger partial charge in [-0.3, -0.25) is 0 Å². The van der Waals surface area contributed by atoms with Crippen LogP contribution in [-0.4, -0.2) is 37.0 Å². The third-order valence-corrected chi connectivity index (χ3v) is 3.13. The normalized spacial score (nSPS) is 36.6. The van der Waals surface area contributed by atoms with Gasteiger partial charge in [0.15, 0.2) is 0 Å². The van der Waals surface area contributed by atoms with Crippen molar-refractivity contribution in [3.05, 3.63) is 0 Å². The molecule has 3 heteroatoms. The van der Waals surface area contributed by atoms with Crippen LogP contribution in [0.25, 0.3) is 0 Å². The van der Waals surface area contributed by atoms with Crippen molar-refractivity contribution >= 4 is 0 Å². The van der Waals surface area contributed by atoms with Crippen LogP contribution in [0, 0.1) is 0 Å². The molecule has 1 aliphatic carbocycles. The number of nitrogens with one attached hydrogen (secondary N) is 1. The van der Waals surface area contributed by atoms with E-state index in [1.165, 1.54) is 19.3 Å². The Hall–Kier alpha value is -0.120. The van der Waals surface area contributed by atoms with E-state index in [9.17, 15) is 0 Å². The van der Waals surface area contributed by atoms with E-state index in [4.69, 9.17) is 9.47 Å². The van der Waals surface area contributed by atoms with Gasteiger partial charge >= 0.3 is 0 Å². The molecule has 0 bridgehead atoms. The molecule has 0 aromatic heterocycles. The molecule has 1 saturated heterocycles. The third-order valence-electron chi connectivity index (χ3n) is 3.13. The molecule has 0 amide bonds. The largest absolute Gasteiger partial charge is 0.373 e. The number of hydrogen-bond donors (Lipinski definition) is 1. The van der Waals surface area contributed by atoms with E-state index in [0.29, 0.717) is 18.8 Å². The van der Waals surface area contributed by atoms with Gasteiger partial charge in [0.25, 0.3) is 0 Å². The lowest BCUT2D eigenvalue weighted by Gasteiger charge is -2.34. The van der Waals surface area contributed by atoms with Crippen LogP contribution in [0.1, 0.15) is 40.0 Å². The average Bonchev–Trinajstić information content (AvgIpc) is 2.60. The molecule has 1 aliphatic heterocycles. The highest BCUT2D eigenvalue weighted by molar-refractivity contribution is 4.89. The van der Waals surface area contributed by atoms with E-state index in [-0.39, 0.29) is 11.7 Å². The topological polar surface area (TPSA) is 30.5 Å². The van der Waals surface area contributed by atoms with Gasteiger partial charge in [-0.25, -0.2) is 0 Å². The average molecular weight is 213 g/mol. The van der Waals surface area contributed by atoms with E-state index in [1.54, 1.807) is 0 Å². The summed E-state index contributed by atoms with van der Waals surface area (Å²) in [6.45, 7) is 7.90. The van der Waals surface area contributed by atoms with E-state index >= 15 is 0 Å². The summed E-state index contributed by atoms with van der Waals surface area (Å²) in [5.74, 6) is 0. The molecule has 2 fully saturated rings. The van der Waals surface area contributed by atoms with Crippen LogP contribution in [-0.2, 0) is 9.47 Å². The minimum absolute atomic E-state index is 0.0596. The summed E-state index contributed by atoms with van der Waals surface area (Å²) in [6, 6.07) is 0.607. The first-order valence-corrected chi connectivity index (χ1v) is 6.07. The zero-order chi connectivity index (χ0) is 10.9. The van der Waals surface area contributed by atoms with Gasteiger partial charge in [0.05, 0.1) is 24.4 Å². The highest BCUT2D eigenvalue weighted by atomic mass is 16.6. The lowest BCUT2D eigenvalue weighted by atomic mass is 10.1. The highest BCUT2D eigenvalue weighted by Crippen LogP contribution is 2.26. The van der Waals surface area contributed by atoms with E-state index < -0.39 is 0 Å². The maximum atomic E-state index is 6.02. The number of ether oxygens (including phenoxy) is 2. The summed E-state index contributed by atoms with van der Waals surface area (Å²) in [7, 11) is 0. The van der Waals surface area contributed by atoms with Crippen LogP contribution >= 0.6 is 0 Å². The van der Waals surface area contributed by atoms with Crippen molar-refractivity contribution in [3.8, 4) is 0 Å². The second-order valence-corrected chi connectivity index (χ2v) is 5.67. The summed E-state index contributed by atoms with van der Waals surface area (Å²) >= 11 is 0. The Labute approximate surface area is 92.5 Å². The smallest absolute Gasteiger partial charge is 0.0937 e. The summed E-state index contributed by atoms with van der Waals surface area (Å²) in [6.07, 6.45) is 4.46. The van der Waals surface area contributed by atoms with Crippen molar-refractivity contribution in [2.75, 3.05) is 13.2 Å². The molecule has 0 unspecified atom stereocenters. The molecule has 1 N–H and O–H groups in total. The Kier molecular flexibility index (Phi) is 3.33. The Morgan fingerprint density at radius 1 is 1.33 bits per heavy atom. The molecule has 1 saturated carbocycles. The predicted octanol–water partition coefficient (Wildman–Crippen LogP) is 1.71. The molecule has 0 spiro atoms. The first-order valence-electron chi connectivity index (χ1n) is 6.07. The zero-order valence-electron chi connectivity index (χ0n) is 10.1. The van der Waals surface area contributed by atoms with Crippen LogP contribution < -0.4 is 5.32 Å². The van der Waals surface area contributed by atoms with Crippen molar-refractivity contribution in [2.24, 2.45) is 0 Å². The van der Waals surface area contributed by atoms with E-state index in [1.807, 2.05) is 0 Å². The summed E-state index contributed by atoms with van der Waals surface area (Å²) in [5.41, 5.74) is -0.0596. The molecular formula is C12H23NO2. The van der Waals surface area contributed by atoms with Crippen molar-refractivity contribution in [1.29, 1.82) is 0 Å². The third kappa shape index (κ3) is 3.16. The number of morpholine rings is 1. The maximum Gasteiger partial charge on any atom is 0.0937 e. The quantitative estimate of drug-likeness (QED) is 0.757. The first-order chi connectivity index (χ1) is 7.04. The molecule has 3 nitrogen and oxygen atoms in total. The fraction of sp³-hybridized carbons (Fsp3) is 1.00. The van der Waals surface area contributed by atoms with Gasteiger partial charge in [-0.05, 0) is 40.0 Å². The Bertz CT molecular complexity index is 212. The second kappa shape index (κ2) is 4.40. The lowest BCUT2D eigenvalue weighted by molar-refractivity contribution is -0.114. The standard InChI is InChI=1S/C12H23NO2/c1-12(2,3)14-8-9-7-13-10-5-4-6-11(10)15-9/h9-11,13H,4-8H2,1-3H3/t9-,10+,11-/m0/s1. The van der Waals surface area contributed by atoms with Crippen LogP contribution in [0.4, 0.5) is 0 Å². The summed E-state index contributed by atoms with van der Waals surface area (Å²) in [5, 5.41) is 3.56. The molecule has 15 heavy (non-hydrogen) atoms. The Morgan fingerprint density at radius 3 is 2.87 bits per heavy atom. The van der Waals surface area contributed by atoms with Crippen molar-refractivity contribution < 1.29 is 9.47 Å². The molecule has 0 aromatic rings. The zero-order valence-corrected chi connectivity index (χ0v) is 10.1. The molecule has 3 atom stereocenters. The Balaban J connectivity index is 1.75. The number of hydrogen-bond acceptors (Lipinski definition) is 3. The van der Waals surface area contributed by atoms with Gasteiger partial charge in [0.2, 0.25) is 0 Å². The van der Waals surface area contributed by atoms with Crippen LogP contribution in [0.15, 0.2) is 0 Å². The van der Waals surface area contributed by atoms with Crippen molar-refractivity contribution in [1.82, 2.24) is 5.32 Å². The van der Waals surface area contributed by atoms with Crippen LogP contribution in [0.2, 0.25) is 0 Å². The first kappa shape index (κ1) is 11.4. The maximum absolute atomic E-state index is 6.02. The predicted molar refractivity (Wildman–Crippen MR) is 60.0 cm³/mol. The Morgan fingerprint density at radius 2 is 2.13 bits per heavy atom. The SMILES string of the molecule is CC(C)(C)OC[C@@H]1CN[C@@H]2CCC[C@@H]2O1. The molecule has 88 valence electrons. The molecule has 2 aliphatic rings. The molecular weight excluding hydrogens is 190 g/mol. The van der Waals surface area contributed by atoms with Gasteiger partial charge in [-0.1, -0.05) is 0 Å². The molecule has 0 aromatic carbocycles. The van der Waals surface area contributed by atoms with E-state index in [2.05, 4.69) is 26.1 Å². The van der Waals surface area contributed by atoms with E-state index in [0.717, 1.165) is 6.54 Å². The minimum atomic E-state index is -0.0596. The highest BCUT2D eigenvalue weighted by Gasteiger charge is 2.34. The molecule has 1 heterocycles. The summed E-state index contributed by atoms with van der Waals surface area (Å²) in [4.78, 5) is 0. The van der Waals surface area contributed by atoms with Crippen molar-refractivity contribution in [3.63, 3.8) is 0 Å². The molecule has 2 rings (SSSR count). The summed E-state index contributed by atoms with van der Waals surface area (Å²) < 4.78 is 11.8. The monoisotopic (exact) mass is 213 g/mol. The fourth-order valence-corrected chi connectivity index (χ4v) is 2.34. The van der Waals surface area contributed by atoms with Gasteiger partial charge in [0, 0.05) is 12.6 Å².